The monoisotopic (exact) mass is 395 g/mol. The number of benzene rings is 2. The van der Waals surface area contributed by atoms with Crippen LogP contribution in [0.3, 0.4) is 0 Å². The molecule has 0 atom stereocenters. The molecule has 0 saturated carbocycles. The van der Waals surface area contributed by atoms with Crippen molar-refractivity contribution in [2.75, 3.05) is 4.72 Å². The summed E-state index contributed by atoms with van der Waals surface area (Å²) in [7, 11) is -3.59. The van der Waals surface area contributed by atoms with Crippen LogP contribution >= 0.6 is 27.5 Å². The van der Waals surface area contributed by atoms with Gasteiger partial charge >= 0.3 is 0 Å². The van der Waals surface area contributed by atoms with Gasteiger partial charge in [-0.05, 0) is 47.9 Å². The number of rotatable bonds is 4. The number of nitrogens with one attached hydrogen (secondary N) is 1. The van der Waals surface area contributed by atoms with Gasteiger partial charge < -0.3 is 0 Å². The maximum Gasteiger partial charge on any atom is 0.261 e. The molecule has 0 aliphatic carbocycles. The molecule has 22 heavy (non-hydrogen) atoms. The van der Waals surface area contributed by atoms with Gasteiger partial charge in [-0.25, -0.2) is 8.42 Å². The van der Waals surface area contributed by atoms with Crippen molar-refractivity contribution < 1.29 is 8.42 Å². The molecule has 3 rings (SSSR count). The summed E-state index contributed by atoms with van der Waals surface area (Å²) in [6.45, 7) is 0. The summed E-state index contributed by atoms with van der Waals surface area (Å²) in [6.07, 6.45) is 0. The van der Waals surface area contributed by atoms with Gasteiger partial charge in [-0.1, -0.05) is 32.6 Å². The molecule has 2 aromatic carbocycles. The quantitative estimate of drug-likeness (QED) is 0.729. The smallest absolute Gasteiger partial charge is 0.261 e. The van der Waals surface area contributed by atoms with Crippen molar-refractivity contribution in [3.8, 4) is 11.3 Å². The van der Waals surface area contributed by atoms with Crippen molar-refractivity contribution >= 4 is 43.2 Å². The van der Waals surface area contributed by atoms with E-state index in [1.807, 2.05) is 5.38 Å². The molecule has 0 radical (unpaired) electrons. The maximum atomic E-state index is 12.3. The summed E-state index contributed by atoms with van der Waals surface area (Å²) in [6, 6.07) is 13.5. The average Bonchev–Trinajstić information content (AvgIpc) is 3.02. The van der Waals surface area contributed by atoms with Crippen LogP contribution < -0.4 is 4.72 Å². The van der Waals surface area contributed by atoms with Crippen LogP contribution in [0.1, 0.15) is 0 Å². The lowest BCUT2D eigenvalue weighted by Crippen LogP contribution is -2.12. The molecule has 1 N–H and O–H groups in total. The van der Waals surface area contributed by atoms with Crippen LogP contribution in [0.2, 0.25) is 0 Å². The second-order valence-electron chi connectivity index (χ2n) is 4.43. The second-order valence-corrected chi connectivity index (χ2v) is 7.63. The molecule has 0 fully saturated rings. The normalized spacial score (nSPS) is 11.3. The standard InChI is InChI=1S/C14H10BrN3O2S2/c15-11-3-7-13(8-4-11)22(19,20)17-12-5-1-10(2-6-12)14-9-21-18-16-14/h1-9,17H. The van der Waals surface area contributed by atoms with Gasteiger partial charge in [0.1, 0.15) is 5.69 Å². The number of hydrogen-bond donors (Lipinski definition) is 1. The van der Waals surface area contributed by atoms with Crippen LogP contribution in [-0.2, 0) is 10.0 Å². The number of nitrogens with zero attached hydrogens (tertiary/aromatic N) is 2. The number of sulfonamides is 1. The number of aromatic nitrogens is 2. The Bertz CT molecular complexity index is 861. The highest BCUT2D eigenvalue weighted by Gasteiger charge is 2.14. The minimum Gasteiger partial charge on any atom is -0.280 e. The minimum atomic E-state index is -3.59. The molecule has 0 aliphatic rings. The number of hydrogen-bond acceptors (Lipinski definition) is 5. The van der Waals surface area contributed by atoms with E-state index in [0.717, 1.165) is 15.7 Å². The maximum absolute atomic E-state index is 12.3. The molecule has 1 heterocycles. The van der Waals surface area contributed by atoms with E-state index in [1.54, 1.807) is 48.5 Å². The average molecular weight is 396 g/mol. The van der Waals surface area contributed by atoms with E-state index in [0.29, 0.717) is 5.69 Å². The lowest BCUT2D eigenvalue weighted by molar-refractivity contribution is 0.601. The predicted octanol–water partition coefficient (Wildman–Crippen LogP) is 3.77. The third-order valence-electron chi connectivity index (χ3n) is 2.92. The summed E-state index contributed by atoms with van der Waals surface area (Å²) in [4.78, 5) is 0.212. The zero-order chi connectivity index (χ0) is 15.6. The fraction of sp³-hybridized carbons (Fsp3) is 0. The van der Waals surface area contributed by atoms with Gasteiger partial charge in [0.15, 0.2) is 0 Å². The van der Waals surface area contributed by atoms with Gasteiger partial charge in [0.25, 0.3) is 10.0 Å². The molecule has 8 heteroatoms. The molecule has 1 aromatic heterocycles. The Balaban J connectivity index is 1.82. The van der Waals surface area contributed by atoms with E-state index in [4.69, 9.17) is 0 Å². The first kappa shape index (κ1) is 15.1. The van der Waals surface area contributed by atoms with Crippen LogP contribution in [0.4, 0.5) is 5.69 Å². The zero-order valence-corrected chi connectivity index (χ0v) is 14.3. The lowest BCUT2D eigenvalue weighted by atomic mass is 10.2. The van der Waals surface area contributed by atoms with Gasteiger partial charge in [-0.3, -0.25) is 4.72 Å². The van der Waals surface area contributed by atoms with E-state index in [1.165, 1.54) is 11.5 Å². The largest absolute Gasteiger partial charge is 0.280 e. The first-order valence-electron chi connectivity index (χ1n) is 6.20. The van der Waals surface area contributed by atoms with Crippen molar-refractivity contribution in [2.45, 2.75) is 4.90 Å². The molecule has 0 bridgehead atoms. The third-order valence-corrected chi connectivity index (χ3v) is 5.35. The van der Waals surface area contributed by atoms with Crippen molar-refractivity contribution in [2.24, 2.45) is 0 Å². The topological polar surface area (TPSA) is 72.0 Å². The predicted molar refractivity (Wildman–Crippen MR) is 90.3 cm³/mol. The van der Waals surface area contributed by atoms with Crippen LogP contribution in [0, 0.1) is 0 Å². The third kappa shape index (κ3) is 3.34. The Hall–Kier alpha value is -1.77. The van der Waals surface area contributed by atoms with Crippen molar-refractivity contribution in [3.63, 3.8) is 0 Å². The van der Waals surface area contributed by atoms with Crippen LogP contribution in [0.5, 0.6) is 0 Å². The second kappa shape index (κ2) is 6.15. The molecular weight excluding hydrogens is 386 g/mol. The van der Waals surface area contributed by atoms with Crippen LogP contribution in [0.15, 0.2) is 63.3 Å². The summed E-state index contributed by atoms with van der Waals surface area (Å²) < 4.78 is 31.7. The Morgan fingerprint density at radius 1 is 1.00 bits per heavy atom. The van der Waals surface area contributed by atoms with Gasteiger partial charge in [-0.2, -0.15) is 0 Å². The number of anilines is 1. The highest BCUT2D eigenvalue weighted by Crippen LogP contribution is 2.22. The zero-order valence-electron chi connectivity index (χ0n) is 11.1. The molecule has 0 unspecified atom stereocenters. The summed E-state index contributed by atoms with van der Waals surface area (Å²) in [5, 5.41) is 5.81. The molecule has 112 valence electrons. The van der Waals surface area contributed by atoms with E-state index >= 15 is 0 Å². The van der Waals surface area contributed by atoms with E-state index in [-0.39, 0.29) is 4.90 Å². The summed E-state index contributed by atoms with van der Waals surface area (Å²) in [5.74, 6) is 0. The first-order chi connectivity index (χ1) is 10.5. The van der Waals surface area contributed by atoms with Crippen LogP contribution in [0.25, 0.3) is 11.3 Å². The van der Waals surface area contributed by atoms with Gasteiger partial charge in [-0.15, -0.1) is 5.10 Å². The fourth-order valence-electron chi connectivity index (χ4n) is 1.83. The Morgan fingerprint density at radius 2 is 1.68 bits per heavy atom. The molecule has 0 saturated heterocycles. The van der Waals surface area contributed by atoms with Gasteiger partial charge in [0.05, 0.1) is 4.90 Å². The Kier molecular flexibility index (Phi) is 4.23. The highest BCUT2D eigenvalue weighted by molar-refractivity contribution is 9.10. The molecule has 0 aliphatic heterocycles. The van der Waals surface area contributed by atoms with Crippen molar-refractivity contribution in [3.05, 3.63) is 58.4 Å². The number of halogens is 1. The molecular formula is C14H10BrN3O2S2. The first-order valence-corrected chi connectivity index (χ1v) is 9.32. The van der Waals surface area contributed by atoms with Crippen molar-refractivity contribution in [1.82, 2.24) is 9.59 Å². The summed E-state index contributed by atoms with van der Waals surface area (Å²) in [5.41, 5.74) is 2.16. The van der Waals surface area contributed by atoms with Crippen LogP contribution in [-0.4, -0.2) is 18.0 Å². The molecule has 0 amide bonds. The molecule has 3 aromatic rings. The van der Waals surface area contributed by atoms with Crippen molar-refractivity contribution in [1.29, 1.82) is 0 Å². The van der Waals surface area contributed by atoms with E-state index in [9.17, 15) is 8.42 Å². The minimum absolute atomic E-state index is 0.212. The highest BCUT2D eigenvalue weighted by atomic mass is 79.9. The molecule has 5 nitrogen and oxygen atoms in total. The Labute approximate surface area is 140 Å². The van der Waals surface area contributed by atoms with Gasteiger partial charge in [0.2, 0.25) is 0 Å². The fourth-order valence-corrected chi connectivity index (χ4v) is 3.62. The Morgan fingerprint density at radius 3 is 2.27 bits per heavy atom. The lowest BCUT2D eigenvalue weighted by Gasteiger charge is -2.08. The summed E-state index contributed by atoms with van der Waals surface area (Å²) >= 11 is 4.55. The SMILES string of the molecule is O=S(=O)(Nc1ccc(-c2csnn2)cc1)c1ccc(Br)cc1. The van der Waals surface area contributed by atoms with Gasteiger partial charge in [0, 0.05) is 21.1 Å². The van der Waals surface area contributed by atoms with E-state index in [2.05, 4.69) is 30.2 Å². The molecule has 0 spiro atoms. The van der Waals surface area contributed by atoms with E-state index < -0.39 is 10.0 Å².